The molecule has 5 aromatic rings. The van der Waals surface area contributed by atoms with Gasteiger partial charge in [-0.1, -0.05) is 36.4 Å². The van der Waals surface area contributed by atoms with Gasteiger partial charge in [-0.25, -0.2) is 13.8 Å². The number of fused-ring (bicyclic) bond motifs is 3. The average molecular weight is 435 g/mol. The van der Waals surface area contributed by atoms with Gasteiger partial charge in [-0.3, -0.25) is 0 Å². The maximum absolute atomic E-state index is 14.9. The van der Waals surface area contributed by atoms with Crippen LogP contribution in [0.2, 0.25) is 0 Å². The highest BCUT2D eigenvalue weighted by molar-refractivity contribution is 6.14. The minimum atomic E-state index is -2.58. The van der Waals surface area contributed by atoms with Crippen LogP contribution < -0.4 is 4.57 Å². The predicted octanol–water partition coefficient (Wildman–Crippen LogP) is 6.92. The van der Waals surface area contributed by atoms with Gasteiger partial charge in [-0.05, 0) is 37.0 Å². The maximum Gasteiger partial charge on any atom is 0.219 e. The molecule has 0 aliphatic heterocycles. The first-order valence-electron chi connectivity index (χ1n) is 11.7. The number of aromatic nitrogens is 1. The van der Waals surface area contributed by atoms with Crippen molar-refractivity contribution >= 4 is 27.6 Å². The normalized spacial score (nSPS) is 12.7. The lowest BCUT2D eigenvalue weighted by Crippen LogP contribution is -2.31. The van der Waals surface area contributed by atoms with E-state index in [1.807, 2.05) is 19.1 Å². The van der Waals surface area contributed by atoms with E-state index in [2.05, 4.69) is 10.9 Å². The predicted molar refractivity (Wildman–Crippen MR) is 126 cm³/mol. The quantitative estimate of drug-likeness (QED) is 0.223. The summed E-state index contributed by atoms with van der Waals surface area (Å²) >= 11 is 0. The summed E-state index contributed by atoms with van der Waals surface area (Å²) in [6, 6.07) is 17.8. The highest BCUT2D eigenvalue weighted by atomic mass is 19.1. The molecule has 5 heteroatoms. The van der Waals surface area contributed by atoms with E-state index in [1.165, 1.54) is 12.3 Å². The molecule has 2 heterocycles. The smallest absolute Gasteiger partial charge is 0.219 e. The Morgan fingerprint density at radius 2 is 1.79 bits per heavy atom. The molecule has 5 rings (SSSR count). The number of rotatable bonds is 2. The monoisotopic (exact) mass is 435 g/mol. The number of nitriles is 1. The summed E-state index contributed by atoms with van der Waals surface area (Å²) < 4.78 is 45.8. The number of hydrogen-bond acceptors (Lipinski definition) is 2. The Bertz CT molecular complexity index is 1790. The van der Waals surface area contributed by atoms with Gasteiger partial charge < -0.3 is 4.42 Å². The molecule has 0 unspecified atom stereocenters. The first kappa shape index (κ1) is 17.1. The number of nitrogens with zero attached hydrogens (tertiary/aromatic N) is 3. The summed E-state index contributed by atoms with van der Waals surface area (Å²) in [5.41, 5.74) is 4.33. The van der Waals surface area contributed by atoms with Crippen LogP contribution in [0.3, 0.4) is 0 Å². The summed E-state index contributed by atoms with van der Waals surface area (Å²) in [6.07, 6.45) is 1.28. The molecule has 0 fully saturated rings. The van der Waals surface area contributed by atoms with E-state index in [0.717, 1.165) is 16.3 Å². The molecule has 158 valence electrons. The van der Waals surface area contributed by atoms with Crippen LogP contribution in [0.4, 0.5) is 10.1 Å². The van der Waals surface area contributed by atoms with Crippen LogP contribution in [-0.4, -0.2) is 0 Å². The number of benzene rings is 3. The Morgan fingerprint density at radius 1 is 1.06 bits per heavy atom. The Kier molecular flexibility index (Phi) is 3.93. The molecule has 0 saturated heterocycles. The maximum atomic E-state index is 14.9. The highest BCUT2D eigenvalue weighted by Crippen LogP contribution is 2.43. The molecule has 0 radical (unpaired) electrons. The van der Waals surface area contributed by atoms with Crippen molar-refractivity contribution in [3.05, 3.63) is 94.7 Å². The van der Waals surface area contributed by atoms with Crippen molar-refractivity contribution < 1.29 is 17.5 Å². The topological polar surface area (TPSA) is 45.2 Å². The lowest BCUT2D eigenvalue weighted by molar-refractivity contribution is -0.661. The van der Waals surface area contributed by atoms with E-state index >= 15 is 0 Å². The first-order valence-corrected chi connectivity index (χ1v) is 10.2. The number of aryl methyl sites for hydroxylation is 3. The van der Waals surface area contributed by atoms with Crippen molar-refractivity contribution in [2.75, 3.05) is 0 Å². The van der Waals surface area contributed by atoms with Gasteiger partial charge in [0, 0.05) is 32.1 Å². The molecule has 0 aliphatic carbocycles. The fourth-order valence-electron chi connectivity index (χ4n) is 4.34. The third kappa shape index (κ3) is 3.06. The Hall–Kier alpha value is -4.48. The van der Waals surface area contributed by atoms with Crippen LogP contribution in [0.5, 0.6) is 0 Å². The Balaban J connectivity index is 1.89. The molecule has 0 atom stereocenters. The molecule has 4 nitrogen and oxygen atoms in total. The largest absolute Gasteiger partial charge is 0.455 e. The molecule has 2 aromatic heterocycles. The number of para-hydroxylation sites is 1. The summed E-state index contributed by atoms with van der Waals surface area (Å²) in [5, 5.41) is 11.4. The van der Waals surface area contributed by atoms with Crippen molar-refractivity contribution in [3.8, 4) is 28.5 Å². The fraction of sp³-hybridized carbons (Fsp3) is 0.107. The number of halogens is 1. The highest BCUT2D eigenvalue weighted by Gasteiger charge is 2.24. The molecule has 0 spiro atoms. The van der Waals surface area contributed by atoms with E-state index in [1.54, 1.807) is 48.0 Å². The van der Waals surface area contributed by atoms with E-state index in [4.69, 9.17) is 15.1 Å². The van der Waals surface area contributed by atoms with Crippen LogP contribution >= 0.6 is 0 Å². The van der Waals surface area contributed by atoms with Crippen LogP contribution in [0.1, 0.15) is 20.8 Å². The lowest BCUT2D eigenvalue weighted by atomic mass is 9.95. The summed E-state index contributed by atoms with van der Waals surface area (Å²) in [4.78, 5) is 3.62. The van der Waals surface area contributed by atoms with E-state index in [-0.39, 0.29) is 5.56 Å². The van der Waals surface area contributed by atoms with E-state index in [9.17, 15) is 9.65 Å². The molecule has 0 amide bonds. The average Bonchev–Trinajstić information content (AvgIpc) is 3.22. The van der Waals surface area contributed by atoms with Crippen molar-refractivity contribution in [1.82, 2.24) is 0 Å². The molecule has 0 saturated carbocycles. The minimum absolute atomic E-state index is 0.361. The van der Waals surface area contributed by atoms with Crippen LogP contribution in [0, 0.1) is 37.5 Å². The molecule has 3 aromatic carbocycles. The van der Waals surface area contributed by atoms with Crippen molar-refractivity contribution in [3.63, 3.8) is 0 Å². The molecular formula is C28H19FN3O+. The second-order valence-corrected chi connectivity index (χ2v) is 7.87. The van der Waals surface area contributed by atoms with Crippen LogP contribution in [0.15, 0.2) is 65.2 Å². The number of pyridine rings is 1. The van der Waals surface area contributed by atoms with Crippen LogP contribution in [0.25, 0.3) is 49.2 Å². The zero-order valence-electron chi connectivity index (χ0n) is 20.9. The van der Waals surface area contributed by atoms with Gasteiger partial charge in [-0.15, -0.1) is 0 Å². The van der Waals surface area contributed by atoms with Gasteiger partial charge in [-0.2, -0.15) is 5.26 Å². The number of furan rings is 1. The van der Waals surface area contributed by atoms with Crippen molar-refractivity contribution in [1.29, 1.82) is 5.26 Å². The molecular weight excluding hydrogens is 413 g/mol. The Morgan fingerprint density at radius 3 is 2.52 bits per heavy atom. The standard InChI is InChI=1S/C28H19FN3O/c1-16-9-11-19-20-12-10-18(14-30)26(21-7-5-6-8-23(21)31-3)28(20)33-27(19)25(16)24-13-22(29)17(2)15-32(24)4/h5-13,15H,1-2,4H3/q+1/i2D3. The third-order valence-corrected chi connectivity index (χ3v) is 5.91. The van der Waals surface area contributed by atoms with Gasteiger partial charge in [0.05, 0.1) is 23.8 Å². The molecule has 33 heavy (non-hydrogen) atoms. The van der Waals surface area contributed by atoms with E-state index < -0.39 is 12.7 Å². The zero-order valence-corrected chi connectivity index (χ0v) is 17.9. The van der Waals surface area contributed by atoms with Gasteiger partial charge in [0.25, 0.3) is 0 Å². The first-order chi connectivity index (χ1) is 17.2. The van der Waals surface area contributed by atoms with Gasteiger partial charge in [0.2, 0.25) is 5.69 Å². The SMILES string of the molecule is [2H]C([2H])([2H])c1c[n+](C)c(-c2c(C)ccc3c2oc2c(-c4ccccc4[N+]#[C-])c(C#N)ccc23)cc1F. The lowest BCUT2D eigenvalue weighted by Gasteiger charge is -2.07. The summed E-state index contributed by atoms with van der Waals surface area (Å²) in [7, 11) is 1.66. The second kappa shape index (κ2) is 7.58. The van der Waals surface area contributed by atoms with Gasteiger partial charge in [0.15, 0.2) is 11.9 Å². The van der Waals surface area contributed by atoms with Crippen molar-refractivity contribution in [2.24, 2.45) is 7.05 Å². The van der Waals surface area contributed by atoms with Crippen molar-refractivity contribution in [2.45, 2.75) is 13.8 Å². The third-order valence-electron chi connectivity index (χ3n) is 5.91. The number of hydrogen-bond donors (Lipinski definition) is 0. The molecule has 0 N–H and O–H groups in total. The molecule has 0 bridgehead atoms. The summed E-state index contributed by atoms with van der Waals surface area (Å²) in [6.45, 7) is 6.87. The zero-order chi connectivity index (χ0) is 25.8. The fourth-order valence-corrected chi connectivity index (χ4v) is 4.34. The second-order valence-electron chi connectivity index (χ2n) is 7.87. The molecule has 0 aliphatic rings. The van der Waals surface area contributed by atoms with Crippen LogP contribution in [-0.2, 0) is 7.05 Å². The van der Waals surface area contributed by atoms with E-state index in [0.29, 0.717) is 44.8 Å². The summed E-state index contributed by atoms with van der Waals surface area (Å²) in [5.74, 6) is -0.825. The van der Waals surface area contributed by atoms with Gasteiger partial charge >= 0.3 is 0 Å². The van der Waals surface area contributed by atoms with Gasteiger partial charge in [0.1, 0.15) is 24.0 Å². The minimum Gasteiger partial charge on any atom is -0.455 e. The Labute approximate surface area is 194 Å².